The minimum atomic E-state index is -0.536. The van der Waals surface area contributed by atoms with E-state index in [0.29, 0.717) is 24.9 Å². The first-order valence-electron chi connectivity index (χ1n) is 7.21. The van der Waals surface area contributed by atoms with Crippen molar-refractivity contribution in [3.05, 3.63) is 51.2 Å². The van der Waals surface area contributed by atoms with Gasteiger partial charge in [0.05, 0.1) is 11.5 Å². The fourth-order valence-corrected chi connectivity index (χ4v) is 1.81. The first-order valence-corrected chi connectivity index (χ1v) is 7.59. The Hall–Kier alpha value is -1.90. The number of hydrogen-bond acceptors (Lipinski definition) is 7. The molecule has 128 valence electrons. The molecule has 0 aromatic carbocycles. The Bertz CT molecular complexity index is 504. The number of rotatable bonds is 11. The quantitative estimate of drug-likeness (QED) is 0.274. The van der Waals surface area contributed by atoms with E-state index in [9.17, 15) is 10.1 Å². The maximum absolute atomic E-state index is 10.7. The molecule has 0 atom stereocenters. The van der Waals surface area contributed by atoms with Crippen LogP contribution in [0, 0.1) is 10.1 Å². The number of pyridine rings is 1. The topological polar surface area (TPSA) is 98.5 Å². The largest absolute Gasteiger partial charge is 0.363 e. The zero-order valence-corrected chi connectivity index (χ0v) is 13.9. The maximum atomic E-state index is 10.7. The second-order valence-electron chi connectivity index (χ2n) is 4.39. The van der Waals surface area contributed by atoms with Gasteiger partial charge in [-0.1, -0.05) is 17.7 Å². The summed E-state index contributed by atoms with van der Waals surface area (Å²) in [5, 5.41) is 17.0. The van der Waals surface area contributed by atoms with Crippen LogP contribution in [0.5, 0.6) is 0 Å². The molecule has 8 nitrogen and oxygen atoms in total. The summed E-state index contributed by atoms with van der Waals surface area (Å²) in [5.74, 6) is 0.259. The van der Waals surface area contributed by atoms with E-state index < -0.39 is 11.2 Å². The van der Waals surface area contributed by atoms with Gasteiger partial charge in [0.25, 0.3) is 6.20 Å². The van der Waals surface area contributed by atoms with Crippen LogP contribution in [0.2, 0.25) is 5.15 Å². The molecule has 0 spiro atoms. The number of ether oxygens (including phenoxy) is 2. The lowest BCUT2D eigenvalue weighted by molar-refractivity contribution is -0.404. The van der Waals surface area contributed by atoms with Gasteiger partial charge in [-0.15, -0.1) is 0 Å². The van der Waals surface area contributed by atoms with Crippen LogP contribution >= 0.6 is 11.6 Å². The molecule has 0 saturated carbocycles. The third-order valence-electron chi connectivity index (χ3n) is 2.67. The highest BCUT2D eigenvalue weighted by atomic mass is 35.5. The Balaban J connectivity index is 2.58. The third-order valence-corrected chi connectivity index (χ3v) is 2.89. The van der Waals surface area contributed by atoms with Gasteiger partial charge < -0.3 is 20.1 Å². The smallest absolute Gasteiger partial charge is 0.274 e. The van der Waals surface area contributed by atoms with Gasteiger partial charge >= 0.3 is 0 Å². The van der Waals surface area contributed by atoms with Crippen molar-refractivity contribution in [2.45, 2.75) is 26.7 Å². The van der Waals surface area contributed by atoms with Gasteiger partial charge in [0.1, 0.15) is 5.15 Å². The van der Waals surface area contributed by atoms with Crippen molar-refractivity contribution in [2.24, 2.45) is 0 Å². The Morgan fingerprint density at radius 2 is 2.09 bits per heavy atom. The predicted molar refractivity (Wildman–Crippen MR) is 86.2 cm³/mol. The molecule has 0 aliphatic rings. The fourth-order valence-electron chi connectivity index (χ4n) is 1.70. The summed E-state index contributed by atoms with van der Waals surface area (Å²) in [5.41, 5.74) is 0.844. The molecule has 0 saturated heterocycles. The van der Waals surface area contributed by atoms with Crippen LogP contribution in [0.1, 0.15) is 19.4 Å². The van der Waals surface area contributed by atoms with E-state index in [1.54, 1.807) is 18.3 Å². The SMILES string of the molecule is CCOC(CNC(=C[N+](=O)[O-])NCc1ccc(Cl)nc1)OCC. The summed E-state index contributed by atoms with van der Waals surface area (Å²) in [4.78, 5) is 14.1. The number of nitrogens with one attached hydrogen (secondary N) is 2. The van der Waals surface area contributed by atoms with E-state index >= 15 is 0 Å². The van der Waals surface area contributed by atoms with E-state index in [4.69, 9.17) is 21.1 Å². The highest BCUT2D eigenvalue weighted by Crippen LogP contribution is 2.05. The molecule has 0 amide bonds. The van der Waals surface area contributed by atoms with Gasteiger partial charge in [-0.3, -0.25) is 10.1 Å². The predicted octanol–water partition coefficient (Wildman–Crippen LogP) is 1.89. The normalized spacial score (nSPS) is 11.6. The van der Waals surface area contributed by atoms with Gasteiger partial charge in [-0.25, -0.2) is 4.98 Å². The summed E-state index contributed by atoms with van der Waals surface area (Å²) in [6.07, 6.45) is 1.99. The zero-order chi connectivity index (χ0) is 17.1. The van der Waals surface area contributed by atoms with Crippen LogP contribution in [0.25, 0.3) is 0 Å². The van der Waals surface area contributed by atoms with Crippen LogP contribution in [-0.4, -0.2) is 36.0 Å². The van der Waals surface area contributed by atoms with Crippen molar-refractivity contribution < 1.29 is 14.4 Å². The number of halogens is 1. The average Bonchev–Trinajstić information content (AvgIpc) is 2.51. The molecular weight excluding hydrogens is 324 g/mol. The van der Waals surface area contributed by atoms with Crippen molar-refractivity contribution in [2.75, 3.05) is 19.8 Å². The summed E-state index contributed by atoms with van der Waals surface area (Å²) in [7, 11) is 0. The number of hydrogen-bond donors (Lipinski definition) is 2. The average molecular weight is 345 g/mol. The minimum absolute atomic E-state index is 0.259. The molecule has 0 bridgehead atoms. The fraction of sp³-hybridized carbons (Fsp3) is 0.500. The van der Waals surface area contributed by atoms with Crippen LogP contribution in [-0.2, 0) is 16.0 Å². The van der Waals surface area contributed by atoms with Crippen molar-refractivity contribution >= 4 is 11.6 Å². The van der Waals surface area contributed by atoms with Crippen molar-refractivity contribution in [1.82, 2.24) is 15.6 Å². The molecule has 9 heteroatoms. The molecular formula is C14H21ClN4O4. The van der Waals surface area contributed by atoms with Crippen LogP contribution in [0.4, 0.5) is 0 Å². The number of nitro groups is 1. The Labute approximate surface area is 140 Å². The third kappa shape index (κ3) is 8.34. The van der Waals surface area contributed by atoms with E-state index in [-0.39, 0.29) is 12.4 Å². The molecule has 0 fully saturated rings. The monoisotopic (exact) mass is 344 g/mol. The molecule has 1 rings (SSSR count). The second-order valence-corrected chi connectivity index (χ2v) is 4.78. The van der Waals surface area contributed by atoms with E-state index in [2.05, 4.69) is 15.6 Å². The highest BCUT2D eigenvalue weighted by molar-refractivity contribution is 6.29. The van der Waals surface area contributed by atoms with Gasteiger partial charge in [-0.05, 0) is 25.5 Å². The van der Waals surface area contributed by atoms with Crippen molar-refractivity contribution in [3.63, 3.8) is 0 Å². The van der Waals surface area contributed by atoms with Crippen LogP contribution in [0.3, 0.4) is 0 Å². The molecule has 1 aromatic heterocycles. The molecule has 1 aromatic rings. The number of nitrogens with zero attached hydrogens (tertiary/aromatic N) is 2. The summed E-state index contributed by atoms with van der Waals surface area (Å²) < 4.78 is 10.8. The second kappa shape index (κ2) is 10.8. The van der Waals surface area contributed by atoms with Crippen molar-refractivity contribution in [3.8, 4) is 0 Å². The first kappa shape index (κ1) is 19.1. The Morgan fingerprint density at radius 3 is 2.61 bits per heavy atom. The van der Waals surface area contributed by atoms with Gasteiger partial charge in [0.2, 0.25) is 0 Å². The van der Waals surface area contributed by atoms with Gasteiger partial charge in [-0.2, -0.15) is 0 Å². The first-order chi connectivity index (χ1) is 11.0. The summed E-state index contributed by atoms with van der Waals surface area (Å²) in [6.45, 7) is 5.34. The Kier molecular flexibility index (Phi) is 8.96. The highest BCUT2D eigenvalue weighted by Gasteiger charge is 2.10. The van der Waals surface area contributed by atoms with E-state index in [1.165, 1.54) is 0 Å². The summed E-state index contributed by atoms with van der Waals surface area (Å²) in [6, 6.07) is 3.44. The zero-order valence-electron chi connectivity index (χ0n) is 13.1. The Morgan fingerprint density at radius 1 is 1.39 bits per heavy atom. The lowest BCUT2D eigenvalue weighted by atomic mass is 10.3. The van der Waals surface area contributed by atoms with Crippen LogP contribution < -0.4 is 10.6 Å². The summed E-state index contributed by atoms with van der Waals surface area (Å²) >= 11 is 5.71. The van der Waals surface area contributed by atoms with Crippen molar-refractivity contribution in [1.29, 1.82) is 0 Å². The molecule has 0 radical (unpaired) electrons. The standard InChI is InChI=1S/C14H21ClN4O4/c1-3-22-14(23-4-2)9-18-13(10-19(20)21)17-8-11-5-6-12(15)16-7-11/h5-7,10,14,17-18H,3-4,8-9H2,1-2H3. The van der Waals surface area contributed by atoms with E-state index in [0.717, 1.165) is 11.8 Å². The van der Waals surface area contributed by atoms with Crippen LogP contribution in [0.15, 0.2) is 30.4 Å². The lowest BCUT2D eigenvalue weighted by Gasteiger charge is -2.19. The molecule has 2 N–H and O–H groups in total. The number of aromatic nitrogens is 1. The van der Waals surface area contributed by atoms with E-state index in [1.807, 2.05) is 13.8 Å². The lowest BCUT2D eigenvalue weighted by Crippen LogP contribution is -2.35. The molecule has 1 heterocycles. The molecule has 0 unspecified atom stereocenters. The van der Waals surface area contributed by atoms with Gasteiger partial charge in [0.15, 0.2) is 12.1 Å². The molecule has 0 aliphatic carbocycles. The maximum Gasteiger partial charge on any atom is 0.274 e. The minimum Gasteiger partial charge on any atom is -0.363 e. The molecule has 0 aliphatic heterocycles. The molecule has 23 heavy (non-hydrogen) atoms. The van der Waals surface area contributed by atoms with Gasteiger partial charge in [0, 0.05) is 26.0 Å².